The van der Waals surface area contributed by atoms with Gasteiger partial charge in [0, 0.05) is 11.3 Å². The van der Waals surface area contributed by atoms with Crippen LogP contribution >= 0.6 is 0 Å². The third-order valence-electron chi connectivity index (χ3n) is 2.77. The highest BCUT2D eigenvalue weighted by molar-refractivity contribution is 6.05. The molecule has 1 aliphatic heterocycles. The van der Waals surface area contributed by atoms with Crippen molar-refractivity contribution in [3.8, 4) is 0 Å². The lowest BCUT2D eigenvalue weighted by Gasteiger charge is -2.24. The molecular weight excluding hydrogens is 178 g/mol. The largest absolute Gasteiger partial charge is 0.375 e. The number of rotatable bonds is 1. The Hall–Kier alpha value is -1.35. The first-order valence-electron chi connectivity index (χ1n) is 4.70. The third-order valence-corrected chi connectivity index (χ3v) is 2.77. The Bertz CT molecular complexity index is 387. The number of carbonyl (C=O) groups excluding carboxylic acids is 1. The molecule has 0 saturated carbocycles. The number of nitrogens with one attached hydrogen (secondary N) is 1. The molecule has 0 bridgehead atoms. The molecule has 1 unspecified atom stereocenters. The van der Waals surface area contributed by atoms with Crippen molar-refractivity contribution in [3.63, 3.8) is 0 Å². The zero-order chi connectivity index (χ0) is 10.3. The van der Waals surface area contributed by atoms with E-state index in [2.05, 4.69) is 5.32 Å². The van der Waals surface area contributed by atoms with Gasteiger partial charge in [-0.2, -0.15) is 0 Å². The highest BCUT2D eigenvalue weighted by Crippen LogP contribution is 2.40. The lowest BCUT2D eigenvalue weighted by molar-refractivity contribution is -0.138. The Labute approximate surface area is 82.8 Å². The summed E-state index contributed by atoms with van der Waals surface area (Å²) in [7, 11) is 0. The third kappa shape index (κ3) is 0.990. The van der Waals surface area contributed by atoms with Gasteiger partial charge in [-0.25, -0.2) is 0 Å². The average molecular weight is 191 g/mol. The van der Waals surface area contributed by atoms with E-state index in [0.717, 1.165) is 0 Å². The van der Waals surface area contributed by atoms with E-state index >= 15 is 0 Å². The second-order valence-corrected chi connectivity index (χ2v) is 3.92. The maximum Gasteiger partial charge on any atom is 0.261 e. The number of hydrogen-bond acceptors (Lipinski definition) is 2. The predicted molar refractivity (Wildman–Crippen MR) is 53.8 cm³/mol. The highest BCUT2D eigenvalue weighted by atomic mass is 16.3. The van der Waals surface area contributed by atoms with Crippen molar-refractivity contribution in [2.45, 2.75) is 19.4 Å². The van der Waals surface area contributed by atoms with Gasteiger partial charge in [-0.05, 0) is 12.0 Å². The molecule has 1 atom stereocenters. The van der Waals surface area contributed by atoms with E-state index < -0.39 is 5.60 Å². The minimum absolute atomic E-state index is 0.133. The molecule has 1 heterocycles. The van der Waals surface area contributed by atoms with Crippen LogP contribution in [0.25, 0.3) is 0 Å². The van der Waals surface area contributed by atoms with Gasteiger partial charge in [0.25, 0.3) is 5.91 Å². The molecule has 0 radical (unpaired) electrons. The van der Waals surface area contributed by atoms with Crippen LogP contribution < -0.4 is 5.32 Å². The van der Waals surface area contributed by atoms with Crippen LogP contribution in [0.3, 0.4) is 0 Å². The number of anilines is 1. The lowest BCUT2D eigenvalue weighted by atomic mass is 9.85. The summed E-state index contributed by atoms with van der Waals surface area (Å²) in [6, 6.07) is 7.25. The molecule has 0 aliphatic carbocycles. The number of para-hydroxylation sites is 1. The van der Waals surface area contributed by atoms with Crippen LogP contribution in [-0.4, -0.2) is 11.0 Å². The van der Waals surface area contributed by atoms with Crippen LogP contribution in [0.1, 0.15) is 19.4 Å². The summed E-state index contributed by atoms with van der Waals surface area (Å²) in [5.74, 6) is -0.458. The summed E-state index contributed by atoms with van der Waals surface area (Å²) >= 11 is 0. The molecule has 0 fully saturated rings. The van der Waals surface area contributed by atoms with Gasteiger partial charge in [-0.3, -0.25) is 4.79 Å². The molecule has 2 N–H and O–H groups in total. The minimum atomic E-state index is -1.36. The topological polar surface area (TPSA) is 49.3 Å². The monoisotopic (exact) mass is 191 g/mol. The fraction of sp³-hybridized carbons (Fsp3) is 0.364. The van der Waals surface area contributed by atoms with Gasteiger partial charge in [0.15, 0.2) is 5.60 Å². The molecule has 1 aromatic rings. The number of aliphatic hydroxyl groups is 1. The number of hydrogen-bond donors (Lipinski definition) is 2. The SMILES string of the molecule is CC(C)C1(O)C(=O)Nc2ccccc21. The highest BCUT2D eigenvalue weighted by Gasteiger charge is 2.47. The van der Waals surface area contributed by atoms with Gasteiger partial charge >= 0.3 is 0 Å². The van der Waals surface area contributed by atoms with Crippen molar-refractivity contribution in [1.82, 2.24) is 0 Å². The van der Waals surface area contributed by atoms with Crippen LogP contribution in [0.5, 0.6) is 0 Å². The molecule has 74 valence electrons. The van der Waals surface area contributed by atoms with E-state index in [0.29, 0.717) is 11.3 Å². The van der Waals surface area contributed by atoms with E-state index in [-0.39, 0.29) is 11.8 Å². The summed E-state index contributed by atoms with van der Waals surface area (Å²) in [6.45, 7) is 3.67. The zero-order valence-corrected chi connectivity index (χ0v) is 8.24. The van der Waals surface area contributed by atoms with Gasteiger partial charge < -0.3 is 10.4 Å². The summed E-state index contributed by atoms with van der Waals surface area (Å²) in [5.41, 5.74) is 0.0325. The van der Waals surface area contributed by atoms with Crippen LogP contribution in [0.4, 0.5) is 5.69 Å². The molecule has 1 aliphatic rings. The second-order valence-electron chi connectivity index (χ2n) is 3.92. The summed E-state index contributed by atoms with van der Waals surface area (Å²) in [5, 5.41) is 13.0. The second kappa shape index (κ2) is 2.82. The first-order chi connectivity index (χ1) is 6.56. The van der Waals surface area contributed by atoms with Crippen LogP contribution in [-0.2, 0) is 10.4 Å². The summed E-state index contributed by atoms with van der Waals surface area (Å²) < 4.78 is 0. The molecule has 0 saturated heterocycles. The Kier molecular flexibility index (Phi) is 1.86. The first-order valence-corrected chi connectivity index (χ1v) is 4.70. The van der Waals surface area contributed by atoms with Gasteiger partial charge in [0.2, 0.25) is 0 Å². The van der Waals surface area contributed by atoms with Gasteiger partial charge in [-0.15, -0.1) is 0 Å². The van der Waals surface area contributed by atoms with Crippen LogP contribution in [0.2, 0.25) is 0 Å². The van der Waals surface area contributed by atoms with E-state index in [9.17, 15) is 9.90 Å². The fourth-order valence-corrected chi connectivity index (χ4v) is 1.84. The van der Waals surface area contributed by atoms with Crippen molar-refractivity contribution in [1.29, 1.82) is 0 Å². The Morgan fingerprint density at radius 3 is 2.64 bits per heavy atom. The van der Waals surface area contributed by atoms with E-state index in [4.69, 9.17) is 0 Å². The molecular formula is C11H13NO2. The molecule has 2 rings (SSSR count). The van der Waals surface area contributed by atoms with Crippen molar-refractivity contribution in [2.24, 2.45) is 5.92 Å². The zero-order valence-electron chi connectivity index (χ0n) is 8.24. The molecule has 0 aromatic heterocycles. The molecule has 14 heavy (non-hydrogen) atoms. The van der Waals surface area contributed by atoms with E-state index in [1.807, 2.05) is 26.0 Å². The van der Waals surface area contributed by atoms with Crippen molar-refractivity contribution < 1.29 is 9.90 Å². The van der Waals surface area contributed by atoms with Crippen LogP contribution in [0, 0.1) is 5.92 Å². The molecule has 1 amide bonds. The van der Waals surface area contributed by atoms with E-state index in [1.54, 1.807) is 12.1 Å². The van der Waals surface area contributed by atoms with E-state index in [1.165, 1.54) is 0 Å². The average Bonchev–Trinajstić information content (AvgIpc) is 2.41. The fourth-order valence-electron chi connectivity index (χ4n) is 1.84. The minimum Gasteiger partial charge on any atom is -0.375 e. The molecule has 3 heteroatoms. The summed E-state index contributed by atoms with van der Waals surface area (Å²) in [4.78, 5) is 11.6. The van der Waals surface area contributed by atoms with Gasteiger partial charge in [0.05, 0.1) is 0 Å². The molecule has 0 spiro atoms. The normalized spacial score (nSPS) is 25.0. The number of benzene rings is 1. The van der Waals surface area contributed by atoms with Crippen molar-refractivity contribution in [3.05, 3.63) is 29.8 Å². The molecule has 3 nitrogen and oxygen atoms in total. The number of carbonyl (C=O) groups is 1. The Morgan fingerprint density at radius 2 is 2.00 bits per heavy atom. The predicted octanol–water partition coefficient (Wildman–Crippen LogP) is 1.48. The lowest BCUT2D eigenvalue weighted by Crippen LogP contribution is -2.39. The Balaban J connectivity index is 2.60. The van der Waals surface area contributed by atoms with Crippen molar-refractivity contribution >= 4 is 11.6 Å². The summed E-state index contributed by atoms with van der Waals surface area (Å²) in [6.07, 6.45) is 0. The quantitative estimate of drug-likeness (QED) is 0.706. The first kappa shape index (κ1) is 9.21. The maximum absolute atomic E-state index is 11.6. The smallest absolute Gasteiger partial charge is 0.261 e. The molecule has 1 aromatic carbocycles. The van der Waals surface area contributed by atoms with Gasteiger partial charge in [0.1, 0.15) is 0 Å². The number of amides is 1. The Morgan fingerprint density at radius 1 is 1.36 bits per heavy atom. The maximum atomic E-state index is 11.6. The van der Waals surface area contributed by atoms with Gasteiger partial charge in [-0.1, -0.05) is 32.0 Å². The number of fused-ring (bicyclic) bond motifs is 1. The van der Waals surface area contributed by atoms with Crippen molar-refractivity contribution in [2.75, 3.05) is 5.32 Å². The standard InChI is InChI=1S/C11H13NO2/c1-7(2)11(14)8-5-3-4-6-9(8)12-10(11)13/h3-7,14H,1-2H3,(H,12,13). The van der Waals surface area contributed by atoms with Crippen LogP contribution in [0.15, 0.2) is 24.3 Å².